The molecule has 0 fully saturated rings. The van der Waals surface area contributed by atoms with Crippen LogP contribution >= 0.6 is 39.1 Å². The first-order chi connectivity index (χ1) is 9.43. The molecule has 0 aliphatic carbocycles. The SMILES string of the molecule is CNC(c1cc(F)c(F)cc1Cl)c1ccc(Cl)cc1Br. The Morgan fingerprint density at radius 1 is 1.05 bits per heavy atom. The smallest absolute Gasteiger partial charge is 0.160 e. The van der Waals surface area contributed by atoms with Gasteiger partial charge in [0.15, 0.2) is 11.6 Å². The largest absolute Gasteiger partial charge is 0.309 e. The molecule has 0 aliphatic rings. The van der Waals surface area contributed by atoms with E-state index in [0.717, 1.165) is 22.2 Å². The zero-order chi connectivity index (χ0) is 14.9. The minimum absolute atomic E-state index is 0.158. The molecule has 0 radical (unpaired) electrons. The molecule has 0 aliphatic heterocycles. The molecule has 1 unspecified atom stereocenters. The summed E-state index contributed by atoms with van der Waals surface area (Å²) in [6.07, 6.45) is 0. The summed E-state index contributed by atoms with van der Waals surface area (Å²) in [5.41, 5.74) is 1.28. The van der Waals surface area contributed by atoms with Gasteiger partial charge in [-0.05, 0) is 42.4 Å². The fourth-order valence-corrected chi connectivity index (χ4v) is 3.14. The maximum atomic E-state index is 13.4. The standard InChI is InChI=1S/C14H10BrCl2F2N/c1-20-14(8-3-2-7(16)4-10(8)15)9-5-12(18)13(19)6-11(9)17/h2-6,14,20H,1H3. The summed E-state index contributed by atoms with van der Waals surface area (Å²) >= 11 is 15.3. The Kier molecular flexibility index (Phi) is 5.02. The van der Waals surface area contributed by atoms with Gasteiger partial charge >= 0.3 is 0 Å². The van der Waals surface area contributed by atoms with Gasteiger partial charge in [-0.2, -0.15) is 0 Å². The Hall–Kier alpha value is -0.680. The molecule has 1 nitrogen and oxygen atoms in total. The predicted molar refractivity (Wildman–Crippen MR) is 81.4 cm³/mol. The fourth-order valence-electron chi connectivity index (χ4n) is 1.97. The van der Waals surface area contributed by atoms with Crippen LogP contribution < -0.4 is 5.32 Å². The molecule has 6 heteroatoms. The molecule has 0 bridgehead atoms. The lowest BCUT2D eigenvalue weighted by Crippen LogP contribution is -2.19. The van der Waals surface area contributed by atoms with Crippen LogP contribution in [0.25, 0.3) is 0 Å². The zero-order valence-electron chi connectivity index (χ0n) is 10.4. The Labute approximate surface area is 134 Å². The molecule has 0 heterocycles. The highest BCUT2D eigenvalue weighted by atomic mass is 79.9. The lowest BCUT2D eigenvalue weighted by molar-refractivity contribution is 0.505. The van der Waals surface area contributed by atoms with Crippen molar-refractivity contribution in [3.05, 3.63) is 67.6 Å². The summed E-state index contributed by atoms with van der Waals surface area (Å²) in [5, 5.41) is 3.77. The van der Waals surface area contributed by atoms with Gasteiger partial charge in [0.2, 0.25) is 0 Å². The summed E-state index contributed by atoms with van der Waals surface area (Å²) in [4.78, 5) is 0. The van der Waals surface area contributed by atoms with E-state index in [1.807, 2.05) is 0 Å². The normalized spacial score (nSPS) is 12.5. The van der Waals surface area contributed by atoms with Crippen LogP contribution in [0.5, 0.6) is 0 Å². The van der Waals surface area contributed by atoms with Crippen LogP contribution in [-0.4, -0.2) is 7.05 Å². The van der Waals surface area contributed by atoms with Gasteiger partial charge in [-0.1, -0.05) is 45.2 Å². The van der Waals surface area contributed by atoms with Crippen LogP contribution in [0.1, 0.15) is 17.2 Å². The van der Waals surface area contributed by atoms with E-state index in [0.29, 0.717) is 10.6 Å². The van der Waals surface area contributed by atoms with E-state index in [1.54, 1.807) is 25.2 Å². The minimum Gasteiger partial charge on any atom is -0.309 e. The topological polar surface area (TPSA) is 12.0 Å². The summed E-state index contributed by atoms with van der Waals surface area (Å²) in [5.74, 6) is -1.90. The van der Waals surface area contributed by atoms with Gasteiger partial charge in [-0.15, -0.1) is 0 Å². The Morgan fingerprint density at radius 3 is 2.30 bits per heavy atom. The van der Waals surface area contributed by atoms with E-state index >= 15 is 0 Å². The molecule has 0 saturated heterocycles. The molecule has 20 heavy (non-hydrogen) atoms. The first-order valence-corrected chi connectivity index (χ1v) is 7.25. The highest BCUT2D eigenvalue weighted by molar-refractivity contribution is 9.10. The monoisotopic (exact) mass is 379 g/mol. The highest BCUT2D eigenvalue weighted by Crippen LogP contribution is 2.34. The maximum absolute atomic E-state index is 13.4. The van der Waals surface area contributed by atoms with Crippen LogP contribution in [0.3, 0.4) is 0 Å². The molecular weight excluding hydrogens is 371 g/mol. The fraction of sp³-hybridized carbons (Fsp3) is 0.143. The van der Waals surface area contributed by atoms with Crippen LogP contribution in [0, 0.1) is 11.6 Å². The first kappa shape index (κ1) is 15.7. The molecule has 2 rings (SSSR count). The van der Waals surface area contributed by atoms with Gasteiger partial charge in [0.1, 0.15) is 0 Å². The van der Waals surface area contributed by atoms with Crippen molar-refractivity contribution >= 4 is 39.1 Å². The molecule has 0 saturated carbocycles. The van der Waals surface area contributed by atoms with E-state index in [1.165, 1.54) is 0 Å². The number of benzene rings is 2. The van der Waals surface area contributed by atoms with E-state index in [-0.39, 0.29) is 11.1 Å². The third-order valence-corrected chi connectivity index (χ3v) is 4.16. The van der Waals surface area contributed by atoms with Gasteiger partial charge in [0.05, 0.1) is 6.04 Å². The summed E-state index contributed by atoms with van der Waals surface area (Å²) in [7, 11) is 1.71. The van der Waals surface area contributed by atoms with Crippen molar-refractivity contribution in [2.24, 2.45) is 0 Å². The second-order valence-electron chi connectivity index (χ2n) is 4.18. The van der Waals surface area contributed by atoms with E-state index in [9.17, 15) is 8.78 Å². The Bertz CT molecular complexity index is 649. The zero-order valence-corrected chi connectivity index (χ0v) is 13.5. The van der Waals surface area contributed by atoms with Gasteiger partial charge in [0, 0.05) is 14.5 Å². The molecule has 1 N–H and O–H groups in total. The molecule has 0 spiro atoms. The first-order valence-electron chi connectivity index (χ1n) is 5.70. The van der Waals surface area contributed by atoms with Crippen molar-refractivity contribution < 1.29 is 8.78 Å². The van der Waals surface area contributed by atoms with Crippen LogP contribution in [-0.2, 0) is 0 Å². The molecular formula is C14H10BrCl2F2N. The average molecular weight is 381 g/mol. The van der Waals surface area contributed by atoms with E-state index in [4.69, 9.17) is 23.2 Å². The maximum Gasteiger partial charge on any atom is 0.160 e. The summed E-state index contributed by atoms with van der Waals surface area (Å²) in [6, 6.07) is 6.93. The quantitative estimate of drug-likeness (QED) is 0.708. The number of hydrogen-bond donors (Lipinski definition) is 1. The van der Waals surface area contributed by atoms with Gasteiger partial charge in [-0.25, -0.2) is 8.78 Å². The number of hydrogen-bond acceptors (Lipinski definition) is 1. The molecule has 2 aromatic rings. The summed E-state index contributed by atoms with van der Waals surface area (Å²) in [6.45, 7) is 0. The van der Waals surface area contributed by atoms with Gasteiger partial charge in [0.25, 0.3) is 0 Å². The third kappa shape index (κ3) is 3.14. The Morgan fingerprint density at radius 2 is 1.70 bits per heavy atom. The molecule has 0 aromatic heterocycles. The molecule has 1 atom stereocenters. The Balaban J connectivity index is 2.55. The van der Waals surface area contributed by atoms with Crippen molar-refractivity contribution in [2.45, 2.75) is 6.04 Å². The van der Waals surface area contributed by atoms with E-state index in [2.05, 4.69) is 21.2 Å². The summed E-state index contributed by atoms with van der Waals surface area (Å²) < 4.78 is 27.4. The van der Waals surface area contributed by atoms with E-state index < -0.39 is 11.6 Å². The molecule has 106 valence electrons. The van der Waals surface area contributed by atoms with Crippen LogP contribution in [0.4, 0.5) is 8.78 Å². The minimum atomic E-state index is -0.969. The average Bonchev–Trinajstić information content (AvgIpc) is 2.38. The van der Waals surface area contributed by atoms with Gasteiger partial charge in [-0.3, -0.25) is 0 Å². The van der Waals surface area contributed by atoms with Crippen molar-refractivity contribution in [3.63, 3.8) is 0 Å². The molecule has 2 aromatic carbocycles. The lowest BCUT2D eigenvalue weighted by atomic mass is 9.98. The van der Waals surface area contributed by atoms with Crippen LogP contribution in [0.15, 0.2) is 34.8 Å². The number of halogens is 5. The highest BCUT2D eigenvalue weighted by Gasteiger charge is 2.20. The molecule has 0 amide bonds. The van der Waals surface area contributed by atoms with Crippen molar-refractivity contribution in [2.75, 3.05) is 7.05 Å². The predicted octanol–water partition coefficient (Wildman–Crippen LogP) is 5.34. The van der Waals surface area contributed by atoms with Crippen molar-refractivity contribution in [1.29, 1.82) is 0 Å². The second kappa shape index (κ2) is 6.39. The number of nitrogens with one attached hydrogen (secondary N) is 1. The second-order valence-corrected chi connectivity index (χ2v) is 5.87. The lowest BCUT2D eigenvalue weighted by Gasteiger charge is -2.20. The third-order valence-electron chi connectivity index (χ3n) is 2.91. The van der Waals surface area contributed by atoms with Gasteiger partial charge < -0.3 is 5.32 Å². The van der Waals surface area contributed by atoms with Crippen molar-refractivity contribution in [3.8, 4) is 0 Å². The van der Waals surface area contributed by atoms with Crippen LogP contribution in [0.2, 0.25) is 10.0 Å². The van der Waals surface area contributed by atoms with Crippen molar-refractivity contribution in [1.82, 2.24) is 5.32 Å². The number of rotatable bonds is 3.